The van der Waals surface area contributed by atoms with Crippen LogP contribution in [0.1, 0.15) is 31.9 Å². The summed E-state index contributed by atoms with van der Waals surface area (Å²) in [7, 11) is 0. The summed E-state index contributed by atoms with van der Waals surface area (Å²) < 4.78 is 7.43. The summed E-state index contributed by atoms with van der Waals surface area (Å²) in [5.41, 5.74) is 2.15. The molecule has 0 saturated carbocycles. The van der Waals surface area contributed by atoms with Crippen LogP contribution in [0.5, 0.6) is 5.75 Å². The first-order valence-electron chi connectivity index (χ1n) is 8.80. The van der Waals surface area contributed by atoms with Crippen LogP contribution in [-0.4, -0.2) is 44.7 Å². The maximum absolute atomic E-state index is 12.2. The SMILES string of the molecule is CC1=CC2(CCN(Cc3cc(=O)n4cccc(O)c4n3)CC2)OCC1. The molecule has 0 bridgehead atoms. The van der Waals surface area contributed by atoms with Crippen molar-refractivity contribution in [2.45, 2.75) is 38.3 Å². The van der Waals surface area contributed by atoms with E-state index in [-0.39, 0.29) is 16.9 Å². The van der Waals surface area contributed by atoms with Crippen LogP contribution in [-0.2, 0) is 11.3 Å². The van der Waals surface area contributed by atoms with E-state index in [0.717, 1.165) is 39.0 Å². The zero-order chi connectivity index (χ0) is 17.4. The van der Waals surface area contributed by atoms with Gasteiger partial charge in [0, 0.05) is 31.9 Å². The van der Waals surface area contributed by atoms with E-state index < -0.39 is 0 Å². The highest BCUT2D eigenvalue weighted by molar-refractivity contribution is 5.52. The van der Waals surface area contributed by atoms with E-state index in [1.807, 2.05) is 0 Å². The van der Waals surface area contributed by atoms with E-state index >= 15 is 0 Å². The first-order valence-corrected chi connectivity index (χ1v) is 8.80. The predicted molar refractivity (Wildman–Crippen MR) is 94.7 cm³/mol. The Morgan fingerprint density at radius 3 is 2.92 bits per heavy atom. The van der Waals surface area contributed by atoms with Gasteiger partial charge < -0.3 is 9.84 Å². The number of pyridine rings is 1. The van der Waals surface area contributed by atoms with E-state index in [1.165, 1.54) is 9.97 Å². The van der Waals surface area contributed by atoms with Gasteiger partial charge in [0.05, 0.1) is 17.9 Å². The highest BCUT2D eigenvalue weighted by Crippen LogP contribution is 2.33. The number of hydrogen-bond acceptors (Lipinski definition) is 5. The second-order valence-corrected chi connectivity index (χ2v) is 7.10. The molecule has 6 heteroatoms. The molecule has 1 fully saturated rings. The molecule has 0 radical (unpaired) electrons. The monoisotopic (exact) mass is 341 g/mol. The van der Waals surface area contributed by atoms with Gasteiger partial charge in [0.2, 0.25) is 0 Å². The Labute approximate surface area is 146 Å². The van der Waals surface area contributed by atoms with Gasteiger partial charge in [-0.1, -0.05) is 11.6 Å². The standard InChI is InChI=1S/C19H23N3O3/c1-14-4-10-25-19(12-14)5-8-21(9-6-19)13-15-11-17(24)22-7-2-3-16(23)18(22)20-15/h2-3,7,11-12,23H,4-6,8-10,13H2,1H3. The van der Waals surface area contributed by atoms with Crippen molar-refractivity contribution in [3.8, 4) is 5.75 Å². The zero-order valence-electron chi connectivity index (χ0n) is 14.4. The first kappa shape index (κ1) is 16.3. The van der Waals surface area contributed by atoms with Gasteiger partial charge in [-0.2, -0.15) is 0 Å². The van der Waals surface area contributed by atoms with Crippen LogP contribution in [0.25, 0.3) is 5.65 Å². The van der Waals surface area contributed by atoms with Crippen LogP contribution < -0.4 is 5.56 Å². The van der Waals surface area contributed by atoms with Crippen LogP contribution in [0.15, 0.2) is 40.8 Å². The van der Waals surface area contributed by atoms with Crippen molar-refractivity contribution in [1.82, 2.24) is 14.3 Å². The molecule has 2 aromatic heterocycles. The fraction of sp³-hybridized carbons (Fsp3) is 0.474. The minimum atomic E-state index is -0.168. The lowest BCUT2D eigenvalue weighted by Crippen LogP contribution is -2.46. The van der Waals surface area contributed by atoms with E-state index in [4.69, 9.17) is 4.74 Å². The van der Waals surface area contributed by atoms with Gasteiger partial charge in [-0.3, -0.25) is 14.1 Å². The number of piperidine rings is 1. The molecule has 1 spiro atoms. The van der Waals surface area contributed by atoms with Gasteiger partial charge in [-0.05, 0) is 38.3 Å². The number of rotatable bonds is 2. The summed E-state index contributed by atoms with van der Waals surface area (Å²) in [6.45, 7) is 5.41. The van der Waals surface area contributed by atoms with Crippen molar-refractivity contribution < 1.29 is 9.84 Å². The Balaban J connectivity index is 1.51. The second-order valence-electron chi connectivity index (χ2n) is 7.10. The molecule has 4 heterocycles. The second kappa shape index (κ2) is 6.28. The highest BCUT2D eigenvalue weighted by Gasteiger charge is 2.35. The molecule has 0 amide bonds. The molecule has 1 N–H and O–H groups in total. The lowest BCUT2D eigenvalue weighted by atomic mass is 9.87. The Hall–Kier alpha value is -2.18. The van der Waals surface area contributed by atoms with Crippen LogP contribution >= 0.6 is 0 Å². The fourth-order valence-corrected chi connectivity index (χ4v) is 3.82. The summed E-state index contributed by atoms with van der Waals surface area (Å²) in [4.78, 5) is 19.0. The Bertz CT molecular complexity index is 879. The summed E-state index contributed by atoms with van der Waals surface area (Å²) in [5, 5.41) is 9.96. The Kier molecular flexibility index (Phi) is 4.09. The molecular weight excluding hydrogens is 318 g/mol. The number of fused-ring (bicyclic) bond motifs is 1. The van der Waals surface area contributed by atoms with Crippen LogP contribution in [0.3, 0.4) is 0 Å². The lowest BCUT2D eigenvalue weighted by molar-refractivity contribution is -0.0578. The molecule has 2 aromatic rings. The first-order chi connectivity index (χ1) is 12.0. The van der Waals surface area contributed by atoms with Gasteiger partial charge in [0.15, 0.2) is 11.4 Å². The van der Waals surface area contributed by atoms with Crippen molar-refractivity contribution in [3.63, 3.8) is 0 Å². The molecule has 0 unspecified atom stereocenters. The number of nitrogens with zero attached hydrogens (tertiary/aromatic N) is 3. The van der Waals surface area contributed by atoms with Gasteiger partial charge in [-0.15, -0.1) is 0 Å². The molecule has 132 valence electrons. The number of aromatic nitrogens is 2. The summed E-state index contributed by atoms with van der Waals surface area (Å²) in [6.07, 6.45) is 6.87. The van der Waals surface area contributed by atoms with Crippen molar-refractivity contribution >= 4 is 5.65 Å². The summed E-state index contributed by atoms with van der Waals surface area (Å²) in [5.74, 6) is 0.0234. The topological polar surface area (TPSA) is 67.1 Å². The maximum atomic E-state index is 12.2. The van der Waals surface area contributed by atoms with Gasteiger partial charge in [0.1, 0.15) is 0 Å². The minimum Gasteiger partial charge on any atom is -0.504 e. The minimum absolute atomic E-state index is 0.0234. The average molecular weight is 341 g/mol. The quantitative estimate of drug-likeness (QED) is 0.848. The van der Waals surface area contributed by atoms with Gasteiger partial charge in [-0.25, -0.2) is 4.98 Å². The molecule has 25 heavy (non-hydrogen) atoms. The summed E-state index contributed by atoms with van der Waals surface area (Å²) >= 11 is 0. The van der Waals surface area contributed by atoms with E-state index in [9.17, 15) is 9.90 Å². The third kappa shape index (κ3) is 3.19. The van der Waals surface area contributed by atoms with Crippen LogP contribution in [0, 0.1) is 0 Å². The molecular formula is C19H23N3O3. The molecule has 0 atom stereocenters. The van der Waals surface area contributed by atoms with Crippen LogP contribution in [0.4, 0.5) is 0 Å². The smallest absolute Gasteiger partial charge is 0.258 e. The Morgan fingerprint density at radius 1 is 1.36 bits per heavy atom. The molecule has 0 aromatic carbocycles. The summed E-state index contributed by atoms with van der Waals surface area (Å²) in [6, 6.07) is 4.73. The predicted octanol–water partition coefficient (Wildman–Crippen LogP) is 2.10. The van der Waals surface area contributed by atoms with Crippen molar-refractivity contribution in [3.05, 3.63) is 52.1 Å². The molecule has 2 aliphatic rings. The molecule has 4 rings (SSSR count). The maximum Gasteiger partial charge on any atom is 0.258 e. The highest BCUT2D eigenvalue weighted by atomic mass is 16.5. The number of likely N-dealkylation sites (tertiary alicyclic amines) is 1. The van der Waals surface area contributed by atoms with Crippen molar-refractivity contribution in [2.75, 3.05) is 19.7 Å². The number of ether oxygens (including phenoxy) is 1. The Morgan fingerprint density at radius 2 is 2.16 bits per heavy atom. The number of aromatic hydroxyl groups is 1. The number of hydrogen-bond donors (Lipinski definition) is 1. The van der Waals surface area contributed by atoms with Gasteiger partial charge >= 0.3 is 0 Å². The normalized spacial score (nSPS) is 20.8. The lowest BCUT2D eigenvalue weighted by Gasteiger charge is -2.42. The molecule has 1 saturated heterocycles. The fourth-order valence-electron chi connectivity index (χ4n) is 3.82. The molecule has 0 aliphatic carbocycles. The van der Waals surface area contributed by atoms with E-state index in [2.05, 4.69) is 22.9 Å². The van der Waals surface area contributed by atoms with Crippen LogP contribution in [0.2, 0.25) is 0 Å². The third-order valence-electron chi connectivity index (χ3n) is 5.21. The van der Waals surface area contributed by atoms with Gasteiger partial charge in [0.25, 0.3) is 5.56 Å². The van der Waals surface area contributed by atoms with E-state index in [1.54, 1.807) is 24.4 Å². The largest absolute Gasteiger partial charge is 0.504 e. The third-order valence-corrected chi connectivity index (χ3v) is 5.21. The zero-order valence-corrected chi connectivity index (χ0v) is 14.4. The van der Waals surface area contributed by atoms with Crippen molar-refractivity contribution in [2.24, 2.45) is 0 Å². The molecule has 6 nitrogen and oxygen atoms in total. The molecule has 2 aliphatic heterocycles. The van der Waals surface area contributed by atoms with Crippen molar-refractivity contribution in [1.29, 1.82) is 0 Å². The van der Waals surface area contributed by atoms with E-state index in [0.29, 0.717) is 17.9 Å². The average Bonchev–Trinajstić information content (AvgIpc) is 2.58.